The Bertz CT molecular complexity index is 855. The molecule has 1 amide bonds. The monoisotopic (exact) mass is 348 g/mol. The summed E-state index contributed by atoms with van der Waals surface area (Å²) in [6.07, 6.45) is 1.78. The SMILES string of the molecule is CCOc1ccc(/C=C2/N=C(c3ccc(C(C)(C)C)cc3)NC2=O)cc1. The second-order valence-corrected chi connectivity index (χ2v) is 7.27. The van der Waals surface area contributed by atoms with E-state index >= 15 is 0 Å². The molecule has 0 bridgehead atoms. The van der Waals surface area contributed by atoms with Crippen molar-refractivity contribution < 1.29 is 9.53 Å². The quantitative estimate of drug-likeness (QED) is 0.838. The molecule has 0 atom stereocenters. The van der Waals surface area contributed by atoms with Crippen LogP contribution in [0, 0.1) is 0 Å². The first-order valence-electron chi connectivity index (χ1n) is 8.82. The first-order valence-corrected chi connectivity index (χ1v) is 8.82. The number of benzene rings is 2. The standard InChI is InChI=1S/C22H24N2O2/c1-5-26-18-12-6-15(7-13-18)14-19-21(25)24-20(23-19)16-8-10-17(11-9-16)22(2,3)4/h6-14H,5H2,1-4H3,(H,23,24,25)/b19-14+. The fraction of sp³-hybridized carbons (Fsp3) is 0.273. The van der Waals surface area contributed by atoms with Crippen LogP contribution in [0.2, 0.25) is 0 Å². The Labute approximate surface area is 154 Å². The third-order valence-electron chi connectivity index (χ3n) is 4.22. The van der Waals surface area contributed by atoms with E-state index < -0.39 is 0 Å². The Balaban J connectivity index is 1.82. The third-order valence-corrected chi connectivity index (χ3v) is 4.22. The van der Waals surface area contributed by atoms with Crippen LogP contribution in [0.5, 0.6) is 5.75 Å². The molecule has 2 aromatic rings. The van der Waals surface area contributed by atoms with E-state index in [1.807, 2.05) is 43.3 Å². The second-order valence-electron chi connectivity index (χ2n) is 7.27. The highest BCUT2D eigenvalue weighted by Crippen LogP contribution is 2.23. The first kappa shape index (κ1) is 17.9. The van der Waals surface area contributed by atoms with Crippen LogP contribution >= 0.6 is 0 Å². The van der Waals surface area contributed by atoms with Crippen LogP contribution in [0.4, 0.5) is 0 Å². The molecule has 1 N–H and O–H groups in total. The van der Waals surface area contributed by atoms with Gasteiger partial charge in [-0.05, 0) is 41.7 Å². The predicted molar refractivity (Wildman–Crippen MR) is 105 cm³/mol. The number of aliphatic imine (C=N–C) groups is 1. The van der Waals surface area contributed by atoms with Gasteiger partial charge in [-0.15, -0.1) is 0 Å². The molecule has 0 fully saturated rings. The molecular formula is C22H24N2O2. The molecule has 1 heterocycles. The zero-order chi connectivity index (χ0) is 18.7. The Hall–Kier alpha value is -2.88. The van der Waals surface area contributed by atoms with Crippen molar-refractivity contribution in [3.63, 3.8) is 0 Å². The lowest BCUT2D eigenvalue weighted by molar-refractivity contribution is -0.115. The normalized spacial score (nSPS) is 15.8. The number of nitrogens with zero attached hydrogens (tertiary/aromatic N) is 1. The van der Waals surface area contributed by atoms with Crippen LogP contribution in [0.3, 0.4) is 0 Å². The molecule has 1 aliphatic heterocycles. The average Bonchev–Trinajstić information content (AvgIpc) is 2.97. The minimum absolute atomic E-state index is 0.0952. The molecule has 134 valence electrons. The molecule has 1 aliphatic rings. The van der Waals surface area contributed by atoms with Crippen molar-refractivity contribution in [3.8, 4) is 5.75 Å². The van der Waals surface area contributed by atoms with E-state index in [0.29, 0.717) is 18.1 Å². The summed E-state index contributed by atoms with van der Waals surface area (Å²) in [4.78, 5) is 16.7. The number of carbonyl (C=O) groups is 1. The maximum atomic E-state index is 12.2. The van der Waals surface area contributed by atoms with Gasteiger partial charge in [-0.2, -0.15) is 0 Å². The zero-order valence-electron chi connectivity index (χ0n) is 15.7. The van der Waals surface area contributed by atoms with Gasteiger partial charge in [0, 0.05) is 5.56 Å². The van der Waals surface area contributed by atoms with Gasteiger partial charge in [0.1, 0.15) is 17.3 Å². The number of rotatable bonds is 4. The highest BCUT2D eigenvalue weighted by Gasteiger charge is 2.21. The van der Waals surface area contributed by atoms with Gasteiger partial charge >= 0.3 is 0 Å². The van der Waals surface area contributed by atoms with Gasteiger partial charge in [-0.25, -0.2) is 4.99 Å². The van der Waals surface area contributed by atoms with E-state index in [2.05, 4.69) is 43.2 Å². The van der Waals surface area contributed by atoms with Crippen molar-refractivity contribution >= 4 is 17.8 Å². The van der Waals surface area contributed by atoms with Crippen LogP contribution < -0.4 is 10.1 Å². The zero-order valence-corrected chi connectivity index (χ0v) is 15.7. The molecule has 0 saturated heterocycles. The lowest BCUT2D eigenvalue weighted by atomic mass is 9.86. The van der Waals surface area contributed by atoms with E-state index in [1.54, 1.807) is 6.08 Å². The molecule has 0 aromatic heterocycles. The van der Waals surface area contributed by atoms with Crippen LogP contribution in [0.1, 0.15) is 44.4 Å². The lowest BCUT2D eigenvalue weighted by Crippen LogP contribution is -2.24. The molecule has 0 unspecified atom stereocenters. The smallest absolute Gasteiger partial charge is 0.275 e. The van der Waals surface area contributed by atoms with Crippen molar-refractivity contribution in [3.05, 3.63) is 70.9 Å². The Kier molecular flexibility index (Phi) is 4.94. The van der Waals surface area contributed by atoms with Gasteiger partial charge in [-0.1, -0.05) is 57.2 Å². The highest BCUT2D eigenvalue weighted by molar-refractivity contribution is 6.19. The summed E-state index contributed by atoms with van der Waals surface area (Å²) in [5.41, 5.74) is 3.56. The van der Waals surface area contributed by atoms with Crippen molar-refractivity contribution in [2.75, 3.05) is 6.61 Å². The molecule has 26 heavy (non-hydrogen) atoms. The van der Waals surface area contributed by atoms with Gasteiger partial charge in [-0.3, -0.25) is 4.79 Å². The van der Waals surface area contributed by atoms with Gasteiger partial charge in [0.05, 0.1) is 6.61 Å². The van der Waals surface area contributed by atoms with Gasteiger partial charge in [0.25, 0.3) is 5.91 Å². The minimum atomic E-state index is -0.186. The molecule has 0 saturated carbocycles. The molecule has 0 spiro atoms. The average molecular weight is 348 g/mol. The predicted octanol–water partition coefficient (Wildman–Crippen LogP) is 4.30. The Morgan fingerprint density at radius 3 is 2.27 bits per heavy atom. The van der Waals surface area contributed by atoms with Gasteiger partial charge in [0.2, 0.25) is 0 Å². The first-order chi connectivity index (χ1) is 12.4. The molecule has 3 rings (SSSR count). The van der Waals surface area contributed by atoms with E-state index in [1.165, 1.54) is 5.56 Å². The molecule has 2 aromatic carbocycles. The molecule has 4 nitrogen and oxygen atoms in total. The van der Waals surface area contributed by atoms with Crippen molar-refractivity contribution in [1.29, 1.82) is 0 Å². The number of nitrogens with one attached hydrogen (secondary N) is 1. The largest absolute Gasteiger partial charge is 0.494 e. The number of amides is 1. The fourth-order valence-electron chi connectivity index (χ4n) is 2.72. The van der Waals surface area contributed by atoms with Gasteiger partial charge < -0.3 is 10.1 Å². The van der Waals surface area contributed by atoms with Crippen molar-refractivity contribution in [1.82, 2.24) is 5.32 Å². The molecule has 4 heteroatoms. The van der Waals surface area contributed by atoms with E-state index in [-0.39, 0.29) is 11.3 Å². The summed E-state index contributed by atoms with van der Waals surface area (Å²) in [7, 11) is 0. The van der Waals surface area contributed by atoms with Crippen LogP contribution in [0.25, 0.3) is 6.08 Å². The summed E-state index contributed by atoms with van der Waals surface area (Å²) in [5.74, 6) is 1.22. The maximum Gasteiger partial charge on any atom is 0.275 e. The Morgan fingerprint density at radius 1 is 1.04 bits per heavy atom. The number of hydrogen-bond acceptors (Lipinski definition) is 3. The number of ether oxygens (including phenoxy) is 1. The third kappa shape index (κ3) is 4.02. The molecule has 0 aliphatic carbocycles. The summed E-state index contributed by atoms with van der Waals surface area (Å²) in [6.45, 7) is 9.10. The van der Waals surface area contributed by atoms with E-state index in [0.717, 1.165) is 16.9 Å². The molecule has 0 radical (unpaired) electrons. The summed E-state index contributed by atoms with van der Waals surface area (Å²) in [5, 5.41) is 2.85. The lowest BCUT2D eigenvalue weighted by Gasteiger charge is -2.19. The number of amidine groups is 1. The summed E-state index contributed by atoms with van der Waals surface area (Å²) in [6, 6.07) is 15.8. The molecular weight excluding hydrogens is 324 g/mol. The maximum absolute atomic E-state index is 12.2. The van der Waals surface area contributed by atoms with E-state index in [4.69, 9.17) is 4.74 Å². The highest BCUT2D eigenvalue weighted by atomic mass is 16.5. The Morgan fingerprint density at radius 2 is 1.69 bits per heavy atom. The summed E-state index contributed by atoms with van der Waals surface area (Å²) >= 11 is 0. The fourth-order valence-corrected chi connectivity index (χ4v) is 2.72. The number of hydrogen-bond donors (Lipinski definition) is 1. The minimum Gasteiger partial charge on any atom is -0.494 e. The van der Waals surface area contributed by atoms with Crippen molar-refractivity contribution in [2.24, 2.45) is 4.99 Å². The number of carbonyl (C=O) groups excluding carboxylic acids is 1. The van der Waals surface area contributed by atoms with Crippen LogP contribution in [-0.4, -0.2) is 18.3 Å². The van der Waals surface area contributed by atoms with Gasteiger partial charge in [0.15, 0.2) is 0 Å². The second kappa shape index (κ2) is 7.16. The summed E-state index contributed by atoms with van der Waals surface area (Å²) < 4.78 is 5.43. The van der Waals surface area contributed by atoms with E-state index in [9.17, 15) is 4.79 Å². The van der Waals surface area contributed by atoms with Crippen molar-refractivity contribution in [2.45, 2.75) is 33.1 Å². The van der Waals surface area contributed by atoms with Crippen LogP contribution in [-0.2, 0) is 10.2 Å². The topological polar surface area (TPSA) is 50.7 Å². The van der Waals surface area contributed by atoms with Crippen LogP contribution in [0.15, 0.2) is 59.2 Å².